The van der Waals surface area contributed by atoms with Crippen molar-refractivity contribution in [3.05, 3.63) is 70.7 Å². The van der Waals surface area contributed by atoms with Crippen LogP contribution >= 0.6 is 11.3 Å². The maximum absolute atomic E-state index is 13.5. The topological polar surface area (TPSA) is 97.4 Å². The van der Waals surface area contributed by atoms with Gasteiger partial charge in [-0.2, -0.15) is 13.2 Å². The molecule has 0 aliphatic heterocycles. The highest BCUT2D eigenvalue weighted by molar-refractivity contribution is 7.17. The Kier molecular flexibility index (Phi) is 9.57. The van der Waals surface area contributed by atoms with Crippen molar-refractivity contribution in [3.8, 4) is 10.6 Å². The molecular weight excluding hydrogens is 543 g/mol. The Morgan fingerprint density at radius 1 is 1.00 bits per heavy atom. The number of nitrogens with zero attached hydrogens (tertiary/aromatic N) is 1. The third-order valence-electron chi connectivity index (χ3n) is 6.80. The SMILES string of the molecule is CC(=O)OC[C@H]1CC[C@H](c2ccc(NC(=O)CCNC(=O)c3sc(-c4ccccc4)nc3C(F)(F)F)cc2)CC1. The van der Waals surface area contributed by atoms with E-state index in [2.05, 4.69) is 15.6 Å². The number of anilines is 1. The summed E-state index contributed by atoms with van der Waals surface area (Å²) in [4.78, 5) is 39.1. The molecule has 4 rings (SSSR count). The first-order valence-corrected chi connectivity index (χ1v) is 13.9. The Labute approximate surface area is 234 Å². The van der Waals surface area contributed by atoms with E-state index < -0.39 is 22.7 Å². The van der Waals surface area contributed by atoms with Crippen LogP contribution in [0.5, 0.6) is 0 Å². The lowest BCUT2D eigenvalue weighted by atomic mass is 9.79. The second-order valence-corrected chi connectivity index (χ2v) is 10.8. The molecule has 2 N–H and O–H groups in total. The van der Waals surface area contributed by atoms with Crippen molar-refractivity contribution in [2.24, 2.45) is 5.92 Å². The molecule has 0 saturated heterocycles. The first-order valence-electron chi connectivity index (χ1n) is 13.0. The Morgan fingerprint density at radius 3 is 2.30 bits per heavy atom. The molecule has 1 aliphatic rings. The van der Waals surface area contributed by atoms with Gasteiger partial charge in [0.05, 0.1) is 6.61 Å². The van der Waals surface area contributed by atoms with Crippen LogP contribution in [0, 0.1) is 5.92 Å². The summed E-state index contributed by atoms with van der Waals surface area (Å²) < 4.78 is 45.7. The highest BCUT2D eigenvalue weighted by Gasteiger charge is 2.39. The number of hydrogen-bond acceptors (Lipinski definition) is 6. The van der Waals surface area contributed by atoms with Crippen LogP contribution in [0.3, 0.4) is 0 Å². The summed E-state index contributed by atoms with van der Waals surface area (Å²) in [6.07, 6.45) is -0.919. The lowest BCUT2D eigenvalue weighted by Gasteiger charge is -2.28. The first-order chi connectivity index (χ1) is 19.1. The molecule has 0 spiro atoms. The highest BCUT2D eigenvalue weighted by Crippen LogP contribution is 2.38. The molecule has 2 amide bonds. The fourth-order valence-corrected chi connectivity index (χ4v) is 5.71. The van der Waals surface area contributed by atoms with E-state index in [9.17, 15) is 27.6 Å². The molecule has 1 saturated carbocycles. The zero-order valence-electron chi connectivity index (χ0n) is 21.9. The van der Waals surface area contributed by atoms with Gasteiger partial charge >= 0.3 is 12.1 Å². The number of alkyl halides is 3. The van der Waals surface area contributed by atoms with Crippen LogP contribution in [0.1, 0.15) is 65.9 Å². The summed E-state index contributed by atoms with van der Waals surface area (Å²) in [7, 11) is 0. The molecule has 0 atom stereocenters. The molecule has 1 aromatic heterocycles. The Hall–Kier alpha value is -3.73. The fraction of sp³-hybridized carbons (Fsp3) is 0.379. The average Bonchev–Trinajstić information content (AvgIpc) is 3.40. The molecule has 212 valence electrons. The molecule has 0 bridgehead atoms. The van der Waals surface area contributed by atoms with E-state index in [1.807, 2.05) is 24.3 Å². The standard InChI is InChI=1S/C29H30F3N3O4S/c1-18(36)39-17-19-7-9-20(10-8-19)21-11-13-23(14-12-21)34-24(37)15-16-33-27(38)25-26(29(30,31)32)35-28(40-25)22-5-3-2-4-6-22/h2-6,11-14,19-20H,7-10,15-17H2,1H3,(H,33,38)(H,34,37)/t19-,20-. The summed E-state index contributed by atoms with van der Waals surface area (Å²) >= 11 is 0.662. The van der Waals surface area contributed by atoms with E-state index in [1.165, 1.54) is 12.5 Å². The third kappa shape index (κ3) is 7.91. The number of esters is 1. The van der Waals surface area contributed by atoms with Gasteiger partial charge in [-0.05, 0) is 55.2 Å². The Balaban J connectivity index is 1.26. The van der Waals surface area contributed by atoms with E-state index in [0.717, 1.165) is 25.7 Å². The zero-order chi connectivity index (χ0) is 28.7. The molecule has 11 heteroatoms. The Morgan fingerprint density at radius 2 is 1.68 bits per heavy atom. The van der Waals surface area contributed by atoms with Crippen molar-refractivity contribution < 1.29 is 32.3 Å². The quantitative estimate of drug-likeness (QED) is 0.288. The van der Waals surface area contributed by atoms with E-state index in [4.69, 9.17) is 4.74 Å². The molecule has 7 nitrogen and oxygen atoms in total. The number of nitrogens with one attached hydrogen (secondary N) is 2. The van der Waals surface area contributed by atoms with Crippen molar-refractivity contribution in [2.75, 3.05) is 18.5 Å². The minimum Gasteiger partial charge on any atom is -0.466 e. The van der Waals surface area contributed by atoms with Crippen molar-refractivity contribution in [3.63, 3.8) is 0 Å². The van der Waals surface area contributed by atoms with Gasteiger partial charge in [0, 0.05) is 31.1 Å². The van der Waals surface area contributed by atoms with Crippen LogP contribution in [0.15, 0.2) is 54.6 Å². The predicted octanol–water partition coefficient (Wildman–Crippen LogP) is 6.42. The number of benzene rings is 2. The lowest BCUT2D eigenvalue weighted by Crippen LogP contribution is -2.28. The van der Waals surface area contributed by atoms with Crippen molar-refractivity contribution >= 4 is 34.8 Å². The summed E-state index contributed by atoms with van der Waals surface area (Å²) in [5.41, 5.74) is 1.01. The number of halogens is 3. The maximum atomic E-state index is 13.5. The van der Waals surface area contributed by atoms with Gasteiger partial charge in [0.1, 0.15) is 9.88 Å². The minimum absolute atomic E-state index is 0.0920. The maximum Gasteiger partial charge on any atom is 0.435 e. The average molecular weight is 574 g/mol. The Bertz CT molecular complexity index is 1320. The van der Waals surface area contributed by atoms with Crippen LogP contribution in [0.2, 0.25) is 0 Å². The van der Waals surface area contributed by atoms with Crippen LogP contribution in [-0.2, 0) is 20.5 Å². The monoisotopic (exact) mass is 573 g/mol. The van der Waals surface area contributed by atoms with Crippen LogP contribution < -0.4 is 10.6 Å². The minimum atomic E-state index is -4.79. The van der Waals surface area contributed by atoms with Crippen molar-refractivity contribution in [2.45, 2.75) is 51.1 Å². The molecule has 1 heterocycles. The van der Waals surface area contributed by atoms with Crippen molar-refractivity contribution in [1.82, 2.24) is 10.3 Å². The molecule has 1 fully saturated rings. The number of amides is 2. The van der Waals surface area contributed by atoms with E-state index in [-0.39, 0.29) is 29.8 Å². The number of ether oxygens (including phenoxy) is 1. The molecule has 0 unspecified atom stereocenters. The van der Waals surface area contributed by atoms with Crippen LogP contribution in [0.4, 0.5) is 18.9 Å². The zero-order valence-corrected chi connectivity index (χ0v) is 22.7. The first kappa shape index (κ1) is 29.3. The van der Waals surface area contributed by atoms with Gasteiger partial charge in [0.15, 0.2) is 5.69 Å². The van der Waals surface area contributed by atoms with Crippen LogP contribution in [0.25, 0.3) is 10.6 Å². The van der Waals surface area contributed by atoms with Gasteiger partial charge in [-0.25, -0.2) is 4.98 Å². The van der Waals surface area contributed by atoms with Gasteiger partial charge < -0.3 is 15.4 Å². The summed E-state index contributed by atoms with van der Waals surface area (Å²) in [5.74, 6) is -0.753. The number of carbonyl (C=O) groups is 3. The largest absolute Gasteiger partial charge is 0.466 e. The number of aromatic nitrogens is 1. The molecule has 0 radical (unpaired) electrons. The van der Waals surface area contributed by atoms with Gasteiger partial charge in [-0.15, -0.1) is 11.3 Å². The van der Waals surface area contributed by atoms with E-state index in [1.54, 1.807) is 30.3 Å². The molecular formula is C29H30F3N3O4S. The lowest BCUT2D eigenvalue weighted by molar-refractivity contribution is -0.143. The fourth-order valence-electron chi connectivity index (χ4n) is 4.70. The number of carbonyl (C=O) groups excluding carboxylic acids is 3. The molecule has 40 heavy (non-hydrogen) atoms. The summed E-state index contributed by atoms with van der Waals surface area (Å²) in [6.45, 7) is 1.75. The van der Waals surface area contributed by atoms with Gasteiger partial charge in [-0.1, -0.05) is 42.5 Å². The molecule has 1 aliphatic carbocycles. The predicted molar refractivity (Wildman–Crippen MR) is 146 cm³/mol. The summed E-state index contributed by atoms with van der Waals surface area (Å²) in [6, 6.07) is 15.9. The van der Waals surface area contributed by atoms with Crippen molar-refractivity contribution in [1.29, 1.82) is 0 Å². The third-order valence-corrected chi connectivity index (χ3v) is 7.90. The molecule has 3 aromatic rings. The smallest absolute Gasteiger partial charge is 0.435 e. The normalized spacial score (nSPS) is 17.2. The van der Waals surface area contributed by atoms with Gasteiger partial charge in [0.2, 0.25) is 5.91 Å². The number of hydrogen-bond donors (Lipinski definition) is 2. The van der Waals surface area contributed by atoms with Crippen LogP contribution in [-0.4, -0.2) is 35.9 Å². The number of rotatable bonds is 9. The van der Waals surface area contributed by atoms with E-state index in [0.29, 0.717) is 41.0 Å². The van der Waals surface area contributed by atoms with Gasteiger partial charge in [0.25, 0.3) is 5.91 Å². The molecule has 2 aromatic carbocycles. The van der Waals surface area contributed by atoms with E-state index >= 15 is 0 Å². The second kappa shape index (κ2) is 13.1. The summed E-state index contributed by atoms with van der Waals surface area (Å²) in [5, 5.41) is 5.25. The number of thiazole rings is 1. The van der Waals surface area contributed by atoms with Gasteiger partial charge in [-0.3, -0.25) is 14.4 Å². The highest BCUT2D eigenvalue weighted by atomic mass is 32.1. The second-order valence-electron chi connectivity index (χ2n) is 9.76.